The third-order valence-corrected chi connectivity index (χ3v) is 7.59. The van der Waals surface area contributed by atoms with Crippen LogP contribution in [0.25, 0.3) is 11.1 Å². The van der Waals surface area contributed by atoms with E-state index in [1.807, 2.05) is 18.2 Å². The summed E-state index contributed by atoms with van der Waals surface area (Å²) in [5.41, 5.74) is 6.06. The van der Waals surface area contributed by atoms with Crippen LogP contribution in [0, 0.1) is 11.6 Å². The van der Waals surface area contributed by atoms with E-state index in [-0.39, 0.29) is 39.0 Å². The van der Waals surface area contributed by atoms with Crippen molar-refractivity contribution >= 4 is 23.4 Å². The first-order chi connectivity index (χ1) is 16.9. The number of hydrogen-bond acceptors (Lipinski definition) is 4. The maximum atomic E-state index is 14.9. The lowest BCUT2D eigenvalue weighted by molar-refractivity contribution is 0.468. The predicted molar refractivity (Wildman–Crippen MR) is 134 cm³/mol. The van der Waals surface area contributed by atoms with Gasteiger partial charge in [0, 0.05) is 27.9 Å². The second-order valence-electron chi connectivity index (χ2n) is 8.21. The second-order valence-corrected chi connectivity index (χ2v) is 9.62. The molecule has 1 aromatic heterocycles. The van der Waals surface area contributed by atoms with Crippen molar-refractivity contribution in [3.63, 3.8) is 0 Å². The van der Waals surface area contributed by atoms with Gasteiger partial charge in [0.05, 0.1) is 23.2 Å². The molecular formula is C26H20ClF2N3O2S. The third-order valence-electron chi connectivity index (χ3n) is 6.10. The summed E-state index contributed by atoms with van der Waals surface area (Å²) in [5, 5.41) is 0.445. The van der Waals surface area contributed by atoms with Gasteiger partial charge in [0.2, 0.25) is 0 Å². The Morgan fingerprint density at radius 3 is 2.37 bits per heavy atom. The molecule has 178 valence electrons. The van der Waals surface area contributed by atoms with E-state index in [9.17, 15) is 18.4 Å². The number of rotatable bonds is 5. The monoisotopic (exact) mass is 511 g/mol. The molecule has 5 nitrogen and oxygen atoms in total. The number of fused-ring (bicyclic) bond motifs is 1. The van der Waals surface area contributed by atoms with Gasteiger partial charge >= 0.3 is 5.69 Å². The molecule has 0 fully saturated rings. The molecule has 0 amide bonds. The highest BCUT2D eigenvalue weighted by Crippen LogP contribution is 2.42. The first-order valence-corrected chi connectivity index (χ1v) is 12.3. The number of aromatic nitrogens is 2. The first-order valence-electron chi connectivity index (χ1n) is 10.9. The lowest BCUT2D eigenvalue weighted by Gasteiger charge is -2.21. The van der Waals surface area contributed by atoms with Gasteiger partial charge in [-0.25, -0.2) is 13.6 Å². The second kappa shape index (κ2) is 9.45. The number of nitrogens with zero attached hydrogens (tertiary/aromatic N) is 2. The van der Waals surface area contributed by atoms with E-state index >= 15 is 0 Å². The fourth-order valence-electron chi connectivity index (χ4n) is 4.40. The summed E-state index contributed by atoms with van der Waals surface area (Å²) in [7, 11) is 0. The molecule has 0 bridgehead atoms. The largest absolute Gasteiger partial charge is 0.332 e. The maximum absolute atomic E-state index is 14.9. The minimum atomic E-state index is -0.776. The Kier molecular flexibility index (Phi) is 6.35. The van der Waals surface area contributed by atoms with Crippen LogP contribution in [0.4, 0.5) is 8.78 Å². The Labute approximate surface area is 208 Å². The summed E-state index contributed by atoms with van der Waals surface area (Å²) in [6.07, 6.45) is 0. The van der Waals surface area contributed by atoms with E-state index < -0.39 is 35.0 Å². The Morgan fingerprint density at radius 2 is 1.66 bits per heavy atom. The smallest absolute Gasteiger partial charge is 0.322 e. The highest BCUT2D eigenvalue weighted by atomic mass is 35.5. The van der Waals surface area contributed by atoms with E-state index in [2.05, 4.69) is 0 Å². The van der Waals surface area contributed by atoms with Gasteiger partial charge in [0.25, 0.3) is 5.56 Å². The molecule has 0 saturated heterocycles. The number of nitrogens with two attached hydrogens (primary N) is 1. The van der Waals surface area contributed by atoms with Gasteiger partial charge in [-0.2, -0.15) is 0 Å². The summed E-state index contributed by atoms with van der Waals surface area (Å²) < 4.78 is 32.1. The Hall–Kier alpha value is -3.20. The zero-order valence-electron chi connectivity index (χ0n) is 18.3. The average Bonchev–Trinajstić information content (AvgIpc) is 3.28. The van der Waals surface area contributed by atoms with E-state index in [1.165, 1.54) is 46.7 Å². The first kappa shape index (κ1) is 23.5. The Balaban J connectivity index is 1.77. The molecule has 2 atom stereocenters. The van der Waals surface area contributed by atoms with Gasteiger partial charge in [-0.1, -0.05) is 66.2 Å². The highest BCUT2D eigenvalue weighted by Gasteiger charge is 2.35. The SMILES string of the molecule is NC(Cn1c(=O)c(-c2ccccc2F)c2n(c1=O)C(c1c(F)cccc1Cl)CS2)c1ccccc1. The lowest BCUT2D eigenvalue weighted by atomic mass is 10.0. The zero-order chi connectivity index (χ0) is 24.7. The molecule has 3 aromatic carbocycles. The van der Waals surface area contributed by atoms with Crippen molar-refractivity contribution in [2.24, 2.45) is 5.73 Å². The van der Waals surface area contributed by atoms with Gasteiger partial charge in [0.15, 0.2) is 0 Å². The van der Waals surface area contributed by atoms with Crippen LogP contribution in [0.3, 0.4) is 0 Å². The molecule has 2 unspecified atom stereocenters. The number of benzene rings is 3. The van der Waals surface area contributed by atoms with Crippen molar-refractivity contribution in [3.05, 3.63) is 121 Å². The van der Waals surface area contributed by atoms with E-state index in [0.29, 0.717) is 0 Å². The fraction of sp³-hybridized carbons (Fsp3) is 0.154. The molecule has 0 aliphatic carbocycles. The van der Waals surface area contributed by atoms with Gasteiger partial charge in [-0.3, -0.25) is 13.9 Å². The number of halogens is 3. The topological polar surface area (TPSA) is 70.0 Å². The van der Waals surface area contributed by atoms with Crippen molar-refractivity contribution < 1.29 is 8.78 Å². The molecule has 4 aromatic rings. The standard InChI is InChI=1S/C26H20ClF2N3O2S/c27-17-10-6-12-19(29)23(17)21-14-35-25-22(16-9-4-5-11-18(16)28)24(33)31(26(34)32(21)25)13-20(30)15-7-2-1-3-8-15/h1-12,20-21H,13-14,30H2. The van der Waals surface area contributed by atoms with Gasteiger partial charge in [-0.05, 0) is 23.8 Å². The molecule has 2 heterocycles. The molecule has 0 spiro atoms. The van der Waals surface area contributed by atoms with Crippen molar-refractivity contribution in [2.45, 2.75) is 23.7 Å². The molecule has 1 aliphatic heterocycles. The van der Waals surface area contributed by atoms with Gasteiger partial charge < -0.3 is 5.73 Å². The molecule has 5 rings (SSSR count). The predicted octanol–water partition coefficient (Wildman–Crippen LogP) is 5.00. The number of thioether (sulfide) groups is 1. The molecule has 0 saturated carbocycles. The molecule has 9 heteroatoms. The summed E-state index contributed by atoms with van der Waals surface area (Å²) in [4.78, 5) is 27.4. The Morgan fingerprint density at radius 1 is 0.971 bits per heavy atom. The molecular weight excluding hydrogens is 492 g/mol. The van der Waals surface area contributed by atoms with E-state index in [0.717, 1.165) is 10.1 Å². The van der Waals surface area contributed by atoms with Crippen molar-refractivity contribution in [1.82, 2.24) is 9.13 Å². The highest BCUT2D eigenvalue weighted by molar-refractivity contribution is 7.99. The summed E-state index contributed by atoms with van der Waals surface area (Å²) in [5.74, 6) is -0.905. The molecule has 2 N–H and O–H groups in total. The van der Waals surface area contributed by atoms with Gasteiger partial charge in [0.1, 0.15) is 11.6 Å². The Bertz CT molecular complexity index is 1520. The third kappa shape index (κ3) is 4.11. The van der Waals surface area contributed by atoms with Crippen molar-refractivity contribution in [2.75, 3.05) is 5.75 Å². The summed E-state index contributed by atoms with van der Waals surface area (Å²) in [6.45, 7) is -0.133. The van der Waals surface area contributed by atoms with Crippen LogP contribution in [-0.4, -0.2) is 14.9 Å². The zero-order valence-corrected chi connectivity index (χ0v) is 19.9. The minimum Gasteiger partial charge on any atom is -0.322 e. The van der Waals surface area contributed by atoms with Crippen molar-refractivity contribution in [3.8, 4) is 11.1 Å². The van der Waals surface area contributed by atoms with Crippen LogP contribution in [0.1, 0.15) is 23.2 Å². The van der Waals surface area contributed by atoms with E-state index in [1.54, 1.807) is 24.3 Å². The summed E-state index contributed by atoms with van der Waals surface area (Å²) >= 11 is 7.53. The van der Waals surface area contributed by atoms with Crippen LogP contribution in [0.15, 0.2) is 87.4 Å². The normalized spacial score (nSPS) is 15.7. The summed E-state index contributed by atoms with van der Waals surface area (Å²) in [6, 6.07) is 17.8. The minimum absolute atomic E-state index is 0.0444. The van der Waals surface area contributed by atoms with Crippen LogP contribution in [0.5, 0.6) is 0 Å². The molecule has 0 radical (unpaired) electrons. The lowest BCUT2D eigenvalue weighted by Crippen LogP contribution is -2.44. The van der Waals surface area contributed by atoms with Crippen LogP contribution in [0.2, 0.25) is 5.02 Å². The van der Waals surface area contributed by atoms with Crippen molar-refractivity contribution in [1.29, 1.82) is 0 Å². The van der Waals surface area contributed by atoms with Crippen LogP contribution < -0.4 is 17.0 Å². The maximum Gasteiger partial charge on any atom is 0.332 e. The van der Waals surface area contributed by atoms with Crippen LogP contribution in [-0.2, 0) is 6.54 Å². The van der Waals surface area contributed by atoms with E-state index in [4.69, 9.17) is 17.3 Å². The fourth-order valence-corrected chi connectivity index (χ4v) is 6.01. The van der Waals surface area contributed by atoms with Crippen LogP contribution >= 0.6 is 23.4 Å². The number of hydrogen-bond donors (Lipinski definition) is 1. The van der Waals surface area contributed by atoms with Gasteiger partial charge in [-0.15, -0.1) is 11.8 Å². The quantitative estimate of drug-likeness (QED) is 0.383. The average molecular weight is 512 g/mol. The molecule has 35 heavy (non-hydrogen) atoms. The molecule has 1 aliphatic rings.